The first-order valence-corrected chi connectivity index (χ1v) is 3.14. The minimum atomic E-state index is -0.434. The fraction of sp³-hybridized carbons (Fsp3) is 0.429. The maximum absolute atomic E-state index is 10.8. The van der Waals surface area contributed by atoms with Gasteiger partial charge in [-0.2, -0.15) is 0 Å². The Morgan fingerprint density at radius 2 is 2.30 bits per heavy atom. The van der Waals surface area contributed by atoms with Crippen molar-refractivity contribution in [1.29, 1.82) is 0 Å². The van der Waals surface area contributed by atoms with Crippen molar-refractivity contribution in [1.82, 2.24) is 0 Å². The van der Waals surface area contributed by atoms with E-state index in [0.29, 0.717) is 18.4 Å². The number of amides is 1. The van der Waals surface area contributed by atoms with Gasteiger partial charge in [0.05, 0.1) is 5.92 Å². The van der Waals surface area contributed by atoms with Gasteiger partial charge in [0.15, 0.2) is 5.78 Å². The third-order valence-electron chi connectivity index (χ3n) is 1.78. The van der Waals surface area contributed by atoms with E-state index in [0.717, 1.165) is 0 Å². The summed E-state index contributed by atoms with van der Waals surface area (Å²) in [5.41, 5.74) is 5.38. The number of carbonyl (C=O) groups is 2. The van der Waals surface area contributed by atoms with Crippen LogP contribution in [0.3, 0.4) is 0 Å². The highest BCUT2D eigenvalue weighted by Crippen LogP contribution is 2.25. The highest BCUT2D eigenvalue weighted by molar-refractivity contribution is 6.03. The molecule has 1 unspecified atom stereocenters. The zero-order chi connectivity index (χ0) is 7.72. The molecule has 3 heteroatoms. The largest absolute Gasteiger partial charge is 0.369 e. The molecular formula is C7H9NO2. The fourth-order valence-electron chi connectivity index (χ4n) is 1.12. The molecule has 1 aliphatic rings. The summed E-state index contributed by atoms with van der Waals surface area (Å²) in [5, 5.41) is 0. The summed E-state index contributed by atoms with van der Waals surface area (Å²) < 4.78 is 0. The van der Waals surface area contributed by atoms with Crippen molar-refractivity contribution < 1.29 is 9.59 Å². The predicted molar refractivity (Wildman–Crippen MR) is 36.1 cm³/mol. The Kier molecular flexibility index (Phi) is 1.57. The van der Waals surface area contributed by atoms with Gasteiger partial charge in [-0.25, -0.2) is 0 Å². The average Bonchev–Trinajstić information content (AvgIpc) is 2.14. The van der Waals surface area contributed by atoms with Crippen LogP contribution in [0.15, 0.2) is 12.2 Å². The smallest absolute Gasteiger partial charge is 0.225 e. The average molecular weight is 139 g/mol. The van der Waals surface area contributed by atoms with Crippen LogP contribution < -0.4 is 5.73 Å². The number of primary amides is 1. The van der Waals surface area contributed by atoms with Crippen molar-refractivity contribution in [3.63, 3.8) is 0 Å². The van der Waals surface area contributed by atoms with E-state index in [2.05, 4.69) is 6.58 Å². The molecule has 3 nitrogen and oxygen atoms in total. The summed E-state index contributed by atoms with van der Waals surface area (Å²) >= 11 is 0. The van der Waals surface area contributed by atoms with Crippen molar-refractivity contribution in [3.05, 3.63) is 12.2 Å². The molecule has 0 spiro atoms. The zero-order valence-electron chi connectivity index (χ0n) is 5.59. The van der Waals surface area contributed by atoms with Crippen molar-refractivity contribution in [2.24, 2.45) is 11.7 Å². The fourth-order valence-corrected chi connectivity index (χ4v) is 1.12. The van der Waals surface area contributed by atoms with Crippen LogP contribution >= 0.6 is 0 Å². The topological polar surface area (TPSA) is 60.2 Å². The molecule has 0 aliphatic heterocycles. The SMILES string of the molecule is C=C1C(=O)CCC1C(N)=O. The molecule has 1 saturated carbocycles. The van der Waals surface area contributed by atoms with Gasteiger partial charge in [0.25, 0.3) is 0 Å². The van der Waals surface area contributed by atoms with Crippen LogP contribution in [0, 0.1) is 5.92 Å². The quantitative estimate of drug-likeness (QED) is 0.520. The highest BCUT2D eigenvalue weighted by atomic mass is 16.1. The molecule has 0 saturated heterocycles. The number of carbonyl (C=O) groups excluding carboxylic acids is 2. The van der Waals surface area contributed by atoms with E-state index in [4.69, 9.17) is 5.73 Å². The van der Waals surface area contributed by atoms with Crippen LogP contribution in [0.1, 0.15) is 12.8 Å². The van der Waals surface area contributed by atoms with E-state index >= 15 is 0 Å². The second-order valence-electron chi connectivity index (χ2n) is 2.44. The third-order valence-corrected chi connectivity index (χ3v) is 1.78. The second-order valence-corrected chi connectivity index (χ2v) is 2.44. The Morgan fingerprint density at radius 3 is 2.50 bits per heavy atom. The van der Waals surface area contributed by atoms with Crippen LogP contribution in [0.4, 0.5) is 0 Å². The first kappa shape index (κ1) is 6.99. The molecule has 10 heavy (non-hydrogen) atoms. The van der Waals surface area contributed by atoms with Gasteiger partial charge in [-0.15, -0.1) is 0 Å². The maximum Gasteiger partial charge on any atom is 0.225 e. The summed E-state index contributed by atoms with van der Waals surface area (Å²) in [6.45, 7) is 3.49. The lowest BCUT2D eigenvalue weighted by molar-refractivity contribution is -0.121. The van der Waals surface area contributed by atoms with E-state index in [1.807, 2.05) is 0 Å². The molecule has 0 aromatic heterocycles. The van der Waals surface area contributed by atoms with Crippen LogP contribution in [-0.4, -0.2) is 11.7 Å². The molecule has 0 heterocycles. The summed E-state index contributed by atoms with van der Waals surface area (Å²) in [6.07, 6.45) is 0.972. The van der Waals surface area contributed by atoms with Crippen molar-refractivity contribution in [2.45, 2.75) is 12.8 Å². The first-order valence-electron chi connectivity index (χ1n) is 3.14. The Labute approximate surface area is 58.9 Å². The molecule has 1 amide bonds. The van der Waals surface area contributed by atoms with E-state index in [-0.39, 0.29) is 5.78 Å². The second kappa shape index (κ2) is 2.25. The van der Waals surface area contributed by atoms with Crippen LogP contribution in [-0.2, 0) is 9.59 Å². The maximum atomic E-state index is 10.8. The summed E-state index contributed by atoms with van der Waals surface area (Å²) in [6, 6.07) is 0. The number of Topliss-reactive ketones (excluding diaryl/α,β-unsaturated/α-hetero) is 1. The molecule has 0 aromatic rings. The number of nitrogens with two attached hydrogens (primary N) is 1. The van der Waals surface area contributed by atoms with Crippen molar-refractivity contribution >= 4 is 11.7 Å². The predicted octanol–water partition coefficient (Wildman–Crippen LogP) is 0.00700. The van der Waals surface area contributed by atoms with Gasteiger partial charge in [0, 0.05) is 12.0 Å². The molecule has 1 fully saturated rings. The monoisotopic (exact) mass is 139 g/mol. The molecule has 0 bridgehead atoms. The third kappa shape index (κ3) is 0.943. The summed E-state index contributed by atoms with van der Waals surface area (Å²) in [7, 11) is 0. The summed E-state index contributed by atoms with van der Waals surface area (Å²) in [4.78, 5) is 21.3. The molecule has 0 aromatic carbocycles. The normalized spacial score (nSPS) is 25.4. The Bertz CT molecular complexity index is 208. The minimum Gasteiger partial charge on any atom is -0.369 e. The van der Waals surface area contributed by atoms with Gasteiger partial charge in [-0.1, -0.05) is 6.58 Å². The van der Waals surface area contributed by atoms with E-state index in [1.54, 1.807) is 0 Å². The lowest BCUT2D eigenvalue weighted by Crippen LogP contribution is -2.22. The standard InChI is InChI=1S/C7H9NO2/c1-4-5(7(8)10)2-3-6(4)9/h5H,1-3H2,(H2,8,10). The van der Waals surface area contributed by atoms with Gasteiger partial charge in [-0.05, 0) is 6.42 Å². The summed E-state index contributed by atoms with van der Waals surface area (Å²) in [5.74, 6) is -0.854. The Balaban J connectivity index is 2.76. The lowest BCUT2D eigenvalue weighted by Gasteiger charge is -2.01. The molecular weight excluding hydrogens is 130 g/mol. The number of ketones is 1. The highest BCUT2D eigenvalue weighted by Gasteiger charge is 2.30. The van der Waals surface area contributed by atoms with Gasteiger partial charge >= 0.3 is 0 Å². The molecule has 1 aliphatic carbocycles. The van der Waals surface area contributed by atoms with Gasteiger partial charge in [0.2, 0.25) is 5.91 Å². The zero-order valence-corrected chi connectivity index (χ0v) is 5.59. The first-order chi connectivity index (χ1) is 4.63. The molecule has 1 rings (SSSR count). The minimum absolute atomic E-state index is 0.0243. The Morgan fingerprint density at radius 1 is 1.70 bits per heavy atom. The van der Waals surface area contributed by atoms with E-state index in [9.17, 15) is 9.59 Å². The molecule has 54 valence electrons. The van der Waals surface area contributed by atoms with Crippen LogP contribution in [0.2, 0.25) is 0 Å². The molecule has 2 N–H and O–H groups in total. The van der Waals surface area contributed by atoms with Crippen molar-refractivity contribution in [3.8, 4) is 0 Å². The van der Waals surface area contributed by atoms with Crippen molar-refractivity contribution in [2.75, 3.05) is 0 Å². The lowest BCUT2D eigenvalue weighted by atomic mass is 10.0. The van der Waals surface area contributed by atoms with E-state index < -0.39 is 11.8 Å². The number of hydrogen-bond donors (Lipinski definition) is 1. The van der Waals surface area contributed by atoms with Gasteiger partial charge in [-0.3, -0.25) is 9.59 Å². The van der Waals surface area contributed by atoms with E-state index in [1.165, 1.54) is 0 Å². The van der Waals surface area contributed by atoms with Gasteiger partial charge in [0.1, 0.15) is 0 Å². The Hall–Kier alpha value is -1.12. The number of rotatable bonds is 1. The van der Waals surface area contributed by atoms with Crippen LogP contribution in [0.25, 0.3) is 0 Å². The molecule has 0 radical (unpaired) electrons. The molecule has 1 atom stereocenters. The van der Waals surface area contributed by atoms with Crippen LogP contribution in [0.5, 0.6) is 0 Å². The van der Waals surface area contributed by atoms with Gasteiger partial charge < -0.3 is 5.73 Å². The number of hydrogen-bond acceptors (Lipinski definition) is 2.